The highest BCUT2D eigenvalue weighted by atomic mass is 79.9. The zero-order chi connectivity index (χ0) is 28.4. The van der Waals surface area contributed by atoms with Gasteiger partial charge in [-0.05, 0) is 74.4 Å². The number of halogens is 1. The van der Waals surface area contributed by atoms with E-state index in [-0.39, 0.29) is 40.6 Å². The van der Waals surface area contributed by atoms with Crippen LogP contribution in [0.4, 0.5) is 11.4 Å². The van der Waals surface area contributed by atoms with E-state index in [0.717, 1.165) is 10.0 Å². The van der Waals surface area contributed by atoms with Gasteiger partial charge in [0, 0.05) is 21.3 Å². The first-order chi connectivity index (χ1) is 19.2. The third-order valence-electron chi connectivity index (χ3n) is 7.07. The number of ketones is 1. The number of fused-ring (bicyclic) bond motifs is 1. The van der Waals surface area contributed by atoms with Crippen molar-refractivity contribution in [1.82, 2.24) is 0 Å². The fourth-order valence-electron chi connectivity index (χ4n) is 4.90. The quantitative estimate of drug-likeness (QED) is 0.164. The molecule has 0 spiro atoms. The first kappa shape index (κ1) is 27.2. The molecular weight excluding hydrogens is 576 g/mol. The number of nitrogens with one attached hydrogen (secondary N) is 1. The summed E-state index contributed by atoms with van der Waals surface area (Å²) < 4.78 is 5.97. The van der Waals surface area contributed by atoms with E-state index in [1.165, 1.54) is 23.1 Å². The highest BCUT2D eigenvalue weighted by Gasteiger charge is 2.48. The van der Waals surface area contributed by atoms with Crippen LogP contribution in [0.1, 0.15) is 50.8 Å². The molecule has 2 aliphatic rings. The molecule has 0 unspecified atom stereocenters. The molecule has 0 radical (unpaired) electrons. The van der Waals surface area contributed by atoms with Crippen LogP contribution >= 0.6 is 15.9 Å². The maximum atomic E-state index is 13.0. The lowest BCUT2D eigenvalue weighted by molar-refractivity contribution is -0.122. The summed E-state index contributed by atoms with van der Waals surface area (Å²) in [4.78, 5) is 64.8. The molecule has 0 aromatic heterocycles. The van der Waals surface area contributed by atoms with Crippen molar-refractivity contribution >= 4 is 56.8 Å². The van der Waals surface area contributed by atoms with Crippen molar-refractivity contribution < 1.29 is 28.7 Å². The van der Waals surface area contributed by atoms with Gasteiger partial charge in [0.15, 0.2) is 12.4 Å². The molecule has 1 N–H and O–H groups in total. The molecule has 1 aliphatic carbocycles. The number of ether oxygens (including phenoxy) is 1. The molecule has 0 bridgehead atoms. The minimum Gasteiger partial charge on any atom is -0.454 e. The van der Waals surface area contributed by atoms with Gasteiger partial charge < -0.3 is 10.1 Å². The zero-order valence-electron chi connectivity index (χ0n) is 21.6. The lowest BCUT2D eigenvalue weighted by Gasteiger charge is -2.18. The molecule has 3 aromatic rings. The molecule has 2 atom stereocenters. The zero-order valence-corrected chi connectivity index (χ0v) is 23.1. The largest absolute Gasteiger partial charge is 0.454 e. The number of carbonyl (C=O) groups excluding carboxylic acids is 5. The highest BCUT2D eigenvalue weighted by molar-refractivity contribution is 9.10. The predicted molar refractivity (Wildman–Crippen MR) is 152 cm³/mol. The minimum atomic E-state index is -0.665. The van der Waals surface area contributed by atoms with Crippen molar-refractivity contribution in [2.45, 2.75) is 19.8 Å². The topological polar surface area (TPSA) is 110 Å². The van der Waals surface area contributed by atoms with Gasteiger partial charge in [0.05, 0.1) is 23.1 Å². The number of nitrogens with zero attached hydrogens (tertiary/aromatic N) is 1. The maximum Gasteiger partial charge on any atom is 0.338 e. The molecular formula is C31H25BrN2O6. The maximum absolute atomic E-state index is 13.0. The highest BCUT2D eigenvalue weighted by Crippen LogP contribution is 2.39. The van der Waals surface area contributed by atoms with Crippen LogP contribution in [0.5, 0.6) is 0 Å². The third kappa shape index (κ3) is 5.65. The van der Waals surface area contributed by atoms with Crippen LogP contribution < -0.4 is 10.2 Å². The number of anilines is 2. The number of Topliss-reactive ketones (excluding diaryl/α,β-unsaturated/α-hetero) is 1. The number of esters is 1. The summed E-state index contributed by atoms with van der Waals surface area (Å²) in [5.41, 5.74) is 2.83. The van der Waals surface area contributed by atoms with Gasteiger partial charge in [-0.3, -0.25) is 24.1 Å². The summed E-state index contributed by atoms with van der Waals surface area (Å²) in [5.74, 6) is -2.63. The van der Waals surface area contributed by atoms with Crippen LogP contribution in [0.2, 0.25) is 0 Å². The summed E-state index contributed by atoms with van der Waals surface area (Å²) in [6.07, 6.45) is 3.12. The van der Waals surface area contributed by atoms with E-state index in [2.05, 4.69) is 21.2 Å². The Morgan fingerprint density at radius 1 is 0.900 bits per heavy atom. The number of rotatable bonds is 7. The molecule has 1 saturated heterocycles. The normalized spacial score (nSPS) is 18.1. The summed E-state index contributed by atoms with van der Waals surface area (Å²) in [6, 6.07) is 19.2. The van der Waals surface area contributed by atoms with Gasteiger partial charge in [-0.1, -0.05) is 45.8 Å². The Morgan fingerprint density at radius 2 is 1.57 bits per heavy atom. The van der Waals surface area contributed by atoms with Crippen molar-refractivity contribution in [3.8, 4) is 0 Å². The number of allylic oxidation sites excluding steroid dienone is 2. The lowest BCUT2D eigenvalue weighted by atomic mass is 9.82. The molecule has 1 heterocycles. The fourth-order valence-corrected chi connectivity index (χ4v) is 5.17. The molecule has 3 aromatic carbocycles. The third-order valence-corrected chi connectivity index (χ3v) is 7.60. The Bertz CT molecular complexity index is 1540. The number of hydrogen-bond donors (Lipinski definition) is 1. The molecule has 1 aliphatic heterocycles. The van der Waals surface area contributed by atoms with Crippen LogP contribution in [0.25, 0.3) is 0 Å². The van der Waals surface area contributed by atoms with Gasteiger partial charge in [-0.15, -0.1) is 0 Å². The number of carbonyl (C=O) groups is 5. The molecule has 9 heteroatoms. The number of imide groups is 1. The fraction of sp³-hybridized carbons (Fsp3) is 0.194. The van der Waals surface area contributed by atoms with E-state index in [4.69, 9.17) is 4.74 Å². The average molecular weight is 601 g/mol. The van der Waals surface area contributed by atoms with Gasteiger partial charge >= 0.3 is 5.97 Å². The monoisotopic (exact) mass is 600 g/mol. The van der Waals surface area contributed by atoms with Crippen LogP contribution in [-0.2, 0) is 14.3 Å². The van der Waals surface area contributed by atoms with Crippen LogP contribution in [-0.4, -0.2) is 36.1 Å². The Labute approximate surface area is 239 Å². The van der Waals surface area contributed by atoms with Crippen molar-refractivity contribution in [1.29, 1.82) is 0 Å². The molecule has 1 fully saturated rings. The Morgan fingerprint density at radius 3 is 2.30 bits per heavy atom. The molecule has 40 heavy (non-hydrogen) atoms. The van der Waals surface area contributed by atoms with E-state index in [0.29, 0.717) is 29.8 Å². The summed E-state index contributed by atoms with van der Waals surface area (Å²) >= 11 is 3.30. The number of benzene rings is 3. The van der Waals surface area contributed by atoms with E-state index < -0.39 is 18.5 Å². The summed E-state index contributed by atoms with van der Waals surface area (Å²) in [6.45, 7) is 1.57. The van der Waals surface area contributed by atoms with Crippen LogP contribution in [0, 0.1) is 11.8 Å². The SMILES string of the molecule is CC1=CC[C@@H]2C(=O)N(c3cccc(C(=O)Nc4ccc(C(=O)OCC(=O)c5ccc(Br)cc5)cc4)c3)C(=O)[C@H]2C1. The predicted octanol–water partition coefficient (Wildman–Crippen LogP) is 5.59. The molecule has 5 rings (SSSR count). The van der Waals surface area contributed by atoms with Crippen molar-refractivity contribution in [3.63, 3.8) is 0 Å². The average Bonchev–Trinajstić information content (AvgIpc) is 3.20. The van der Waals surface area contributed by atoms with Crippen LogP contribution in [0.3, 0.4) is 0 Å². The van der Waals surface area contributed by atoms with Gasteiger partial charge in [-0.25, -0.2) is 4.79 Å². The number of hydrogen-bond acceptors (Lipinski definition) is 6. The van der Waals surface area contributed by atoms with E-state index in [9.17, 15) is 24.0 Å². The van der Waals surface area contributed by atoms with Gasteiger partial charge in [-0.2, -0.15) is 0 Å². The molecule has 3 amide bonds. The first-order valence-corrected chi connectivity index (χ1v) is 13.5. The Hall–Kier alpha value is -4.37. The standard InChI is InChI=1S/C31H25BrN2O6/c1-18-5-14-25-26(15-18)30(38)34(29(25)37)24-4-2-3-21(16-24)28(36)33-23-12-8-20(9-13-23)31(39)40-17-27(35)19-6-10-22(32)11-7-19/h2-13,16,25-26H,14-15,17H2,1H3,(H,33,36)/t25-,26-/m0/s1. The molecule has 8 nitrogen and oxygen atoms in total. The van der Waals surface area contributed by atoms with Crippen molar-refractivity contribution in [3.05, 3.63) is 106 Å². The second-order valence-electron chi connectivity index (χ2n) is 9.80. The summed E-state index contributed by atoms with van der Waals surface area (Å²) in [5, 5.41) is 2.75. The Balaban J connectivity index is 1.20. The number of amides is 3. The van der Waals surface area contributed by atoms with E-state index >= 15 is 0 Å². The van der Waals surface area contributed by atoms with E-state index in [1.54, 1.807) is 54.6 Å². The van der Waals surface area contributed by atoms with Gasteiger partial charge in [0.1, 0.15) is 0 Å². The van der Waals surface area contributed by atoms with Gasteiger partial charge in [0.2, 0.25) is 11.8 Å². The second-order valence-corrected chi connectivity index (χ2v) is 10.7. The second kappa shape index (κ2) is 11.4. The first-order valence-electron chi connectivity index (χ1n) is 12.7. The van der Waals surface area contributed by atoms with Gasteiger partial charge in [0.25, 0.3) is 5.91 Å². The summed E-state index contributed by atoms with van der Waals surface area (Å²) in [7, 11) is 0. The van der Waals surface area contributed by atoms with Crippen molar-refractivity contribution in [2.75, 3.05) is 16.8 Å². The lowest BCUT2D eigenvalue weighted by Crippen LogP contribution is -2.31. The minimum absolute atomic E-state index is 0.223. The van der Waals surface area contributed by atoms with Crippen molar-refractivity contribution in [2.24, 2.45) is 11.8 Å². The molecule has 202 valence electrons. The Kier molecular flexibility index (Phi) is 7.75. The smallest absolute Gasteiger partial charge is 0.338 e. The molecule has 0 saturated carbocycles. The van der Waals surface area contributed by atoms with Crippen LogP contribution in [0.15, 0.2) is 88.9 Å². The van der Waals surface area contributed by atoms with E-state index in [1.807, 2.05) is 13.0 Å².